The van der Waals surface area contributed by atoms with Crippen LogP contribution in [-0.4, -0.2) is 29.7 Å². The van der Waals surface area contributed by atoms with Crippen LogP contribution in [-0.2, 0) is 0 Å². The number of nitro groups is 1. The Labute approximate surface area is 111 Å². The number of nitrogens with zero attached hydrogens (tertiary/aromatic N) is 3. The SMILES string of the molecule is N#Cc1ccc(N2CCC(CO)CC2)c([N+](=O)[O-])c1. The Hall–Kier alpha value is -2.13. The molecule has 1 aromatic carbocycles. The average Bonchev–Trinajstić information content (AvgIpc) is 2.46. The largest absolute Gasteiger partial charge is 0.396 e. The molecule has 1 aromatic rings. The van der Waals surface area contributed by atoms with Crippen molar-refractivity contribution in [3.05, 3.63) is 33.9 Å². The van der Waals surface area contributed by atoms with Gasteiger partial charge in [-0.3, -0.25) is 10.1 Å². The van der Waals surface area contributed by atoms with Crippen LogP contribution >= 0.6 is 0 Å². The predicted molar refractivity (Wildman–Crippen MR) is 69.8 cm³/mol. The van der Waals surface area contributed by atoms with E-state index in [1.54, 1.807) is 12.1 Å². The fraction of sp³-hybridized carbons (Fsp3) is 0.462. The maximum atomic E-state index is 11.1. The van der Waals surface area contributed by atoms with Crippen LogP contribution in [0.4, 0.5) is 11.4 Å². The van der Waals surface area contributed by atoms with Crippen LogP contribution in [0.5, 0.6) is 0 Å². The van der Waals surface area contributed by atoms with Gasteiger partial charge in [-0.2, -0.15) is 5.26 Å². The lowest BCUT2D eigenvalue weighted by atomic mass is 9.97. The van der Waals surface area contributed by atoms with Gasteiger partial charge in [0.05, 0.1) is 16.6 Å². The van der Waals surface area contributed by atoms with Gasteiger partial charge in [0.15, 0.2) is 0 Å². The van der Waals surface area contributed by atoms with Crippen molar-refractivity contribution in [2.75, 3.05) is 24.6 Å². The van der Waals surface area contributed by atoms with Crippen molar-refractivity contribution in [2.24, 2.45) is 5.92 Å². The zero-order chi connectivity index (χ0) is 13.8. The number of rotatable bonds is 3. The molecule has 0 saturated carbocycles. The second kappa shape index (κ2) is 5.67. The van der Waals surface area contributed by atoms with E-state index in [2.05, 4.69) is 0 Å². The molecule has 1 fully saturated rings. The summed E-state index contributed by atoms with van der Waals surface area (Å²) in [7, 11) is 0. The first-order valence-electron chi connectivity index (χ1n) is 6.20. The second-order valence-electron chi connectivity index (χ2n) is 4.69. The van der Waals surface area contributed by atoms with E-state index < -0.39 is 4.92 Å². The molecule has 0 aromatic heterocycles. The Balaban J connectivity index is 2.25. The minimum absolute atomic E-state index is 0.0264. The van der Waals surface area contributed by atoms with Crippen LogP contribution in [0.15, 0.2) is 18.2 Å². The fourth-order valence-corrected chi connectivity index (χ4v) is 2.36. The predicted octanol–water partition coefficient (Wildman–Crippen LogP) is 1.68. The molecule has 1 aliphatic heterocycles. The first kappa shape index (κ1) is 13.3. The first-order chi connectivity index (χ1) is 9.15. The number of nitro benzene ring substituents is 1. The Morgan fingerprint density at radius 3 is 2.68 bits per heavy atom. The van der Waals surface area contributed by atoms with E-state index in [1.165, 1.54) is 6.07 Å². The molecular formula is C13H15N3O3. The zero-order valence-corrected chi connectivity index (χ0v) is 10.5. The highest BCUT2D eigenvalue weighted by molar-refractivity contribution is 5.65. The lowest BCUT2D eigenvalue weighted by Gasteiger charge is -2.32. The van der Waals surface area contributed by atoms with Crippen LogP contribution in [0.2, 0.25) is 0 Å². The minimum Gasteiger partial charge on any atom is -0.396 e. The molecule has 0 unspecified atom stereocenters. The van der Waals surface area contributed by atoms with Crippen LogP contribution in [0.1, 0.15) is 18.4 Å². The van der Waals surface area contributed by atoms with Crippen LogP contribution in [0.3, 0.4) is 0 Å². The van der Waals surface area contributed by atoms with Crippen molar-refractivity contribution < 1.29 is 10.0 Å². The van der Waals surface area contributed by atoms with E-state index in [1.807, 2.05) is 11.0 Å². The highest BCUT2D eigenvalue weighted by atomic mass is 16.6. The van der Waals surface area contributed by atoms with Gasteiger partial charge >= 0.3 is 0 Å². The summed E-state index contributed by atoms with van der Waals surface area (Å²) in [6.45, 7) is 1.55. The number of hydrogen-bond acceptors (Lipinski definition) is 5. The molecule has 1 N–H and O–H groups in total. The minimum atomic E-state index is -0.450. The summed E-state index contributed by atoms with van der Waals surface area (Å²) in [4.78, 5) is 12.6. The van der Waals surface area contributed by atoms with Gasteiger partial charge in [0.2, 0.25) is 0 Å². The summed E-state index contributed by atoms with van der Waals surface area (Å²) >= 11 is 0. The molecule has 6 nitrogen and oxygen atoms in total. The number of aliphatic hydroxyl groups is 1. The van der Waals surface area contributed by atoms with Crippen molar-refractivity contribution in [3.8, 4) is 6.07 Å². The highest BCUT2D eigenvalue weighted by Crippen LogP contribution is 2.32. The molecule has 6 heteroatoms. The van der Waals surface area contributed by atoms with Crippen LogP contribution < -0.4 is 4.90 Å². The topological polar surface area (TPSA) is 90.4 Å². The molecule has 2 rings (SSSR count). The lowest BCUT2D eigenvalue weighted by molar-refractivity contribution is -0.384. The molecule has 0 radical (unpaired) electrons. The zero-order valence-electron chi connectivity index (χ0n) is 10.5. The van der Waals surface area contributed by atoms with Gasteiger partial charge in [-0.05, 0) is 30.9 Å². The molecule has 0 spiro atoms. The van der Waals surface area contributed by atoms with E-state index in [0.29, 0.717) is 24.3 Å². The van der Waals surface area contributed by atoms with Gasteiger partial charge in [0.1, 0.15) is 5.69 Å². The molecule has 19 heavy (non-hydrogen) atoms. The van der Waals surface area contributed by atoms with E-state index >= 15 is 0 Å². The van der Waals surface area contributed by atoms with Gasteiger partial charge in [0.25, 0.3) is 5.69 Å². The molecular weight excluding hydrogens is 246 g/mol. The molecule has 0 aliphatic carbocycles. The number of aliphatic hydroxyl groups excluding tert-OH is 1. The van der Waals surface area contributed by atoms with Gasteiger partial charge in [-0.15, -0.1) is 0 Å². The number of nitriles is 1. The Kier molecular flexibility index (Phi) is 3.97. The Bertz CT molecular complexity index is 516. The second-order valence-corrected chi connectivity index (χ2v) is 4.69. The summed E-state index contributed by atoms with van der Waals surface area (Å²) in [5.74, 6) is 0.286. The van der Waals surface area contributed by atoms with Crippen molar-refractivity contribution >= 4 is 11.4 Å². The third kappa shape index (κ3) is 2.83. The Morgan fingerprint density at radius 2 is 2.16 bits per heavy atom. The summed E-state index contributed by atoms with van der Waals surface area (Å²) in [5.41, 5.74) is 0.822. The lowest BCUT2D eigenvalue weighted by Crippen LogP contribution is -2.35. The molecule has 1 aliphatic rings. The molecule has 0 bridgehead atoms. The van der Waals surface area contributed by atoms with E-state index in [-0.39, 0.29) is 18.2 Å². The average molecular weight is 261 g/mol. The summed E-state index contributed by atoms with van der Waals surface area (Å²) < 4.78 is 0. The van der Waals surface area contributed by atoms with Crippen molar-refractivity contribution in [2.45, 2.75) is 12.8 Å². The fourth-order valence-electron chi connectivity index (χ4n) is 2.36. The summed E-state index contributed by atoms with van der Waals surface area (Å²) in [6, 6.07) is 6.46. The Morgan fingerprint density at radius 1 is 1.47 bits per heavy atom. The normalized spacial score (nSPS) is 16.1. The number of benzene rings is 1. The molecule has 1 heterocycles. The first-order valence-corrected chi connectivity index (χ1v) is 6.20. The van der Waals surface area contributed by atoms with Gasteiger partial charge in [-0.1, -0.05) is 0 Å². The van der Waals surface area contributed by atoms with Gasteiger partial charge < -0.3 is 10.0 Å². The van der Waals surface area contributed by atoms with Crippen LogP contribution in [0.25, 0.3) is 0 Å². The van der Waals surface area contributed by atoms with Gasteiger partial charge in [0, 0.05) is 25.8 Å². The van der Waals surface area contributed by atoms with Crippen LogP contribution in [0, 0.1) is 27.4 Å². The van der Waals surface area contributed by atoms with E-state index in [0.717, 1.165) is 12.8 Å². The van der Waals surface area contributed by atoms with E-state index in [4.69, 9.17) is 10.4 Å². The molecule has 0 atom stereocenters. The van der Waals surface area contributed by atoms with Crippen molar-refractivity contribution in [3.63, 3.8) is 0 Å². The molecule has 1 saturated heterocycles. The van der Waals surface area contributed by atoms with E-state index in [9.17, 15) is 10.1 Å². The quantitative estimate of drug-likeness (QED) is 0.660. The highest BCUT2D eigenvalue weighted by Gasteiger charge is 2.24. The monoisotopic (exact) mass is 261 g/mol. The standard InChI is InChI=1S/C13H15N3O3/c14-8-11-1-2-12(13(7-11)16(18)19)15-5-3-10(9-17)4-6-15/h1-2,7,10,17H,3-6,9H2. The number of piperidine rings is 1. The third-order valence-corrected chi connectivity index (χ3v) is 3.51. The van der Waals surface area contributed by atoms with Crippen molar-refractivity contribution in [1.82, 2.24) is 0 Å². The number of hydrogen-bond donors (Lipinski definition) is 1. The summed E-state index contributed by atoms with van der Waals surface area (Å²) in [6.07, 6.45) is 1.65. The van der Waals surface area contributed by atoms with Crippen molar-refractivity contribution in [1.29, 1.82) is 5.26 Å². The smallest absolute Gasteiger partial charge is 0.293 e. The maximum absolute atomic E-state index is 11.1. The molecule has 0 amide bonds. The third-order valence-electron chi connectivity index (χ3n) is 3.51. The number of anilines is 1. The molecule has 100 valence electrons. The maximum Gasteiger partial charge on any atom is 0.293 e. The summed E-state index contributed by atoms with van der Waals surface area (Å²) in [5, 5.41) is 29.0. The van der Waals surface area contributed by atoms with Gasteiger partial charge in [-0.25, -0.2) is 0 Å².